The molecule has 4 nitrogen and oxygen atoms in total. The Morgan fingerprint density at radius 3 is 2.74 bits per heavy atom. The highest BCUT2D eigenvalue weighted by molar-refractivity contribution is 7.99. The summed E-state index contributed by atoms with van der Waals surface area (Å²) >= 11 is 1.40. The zero-order valence-electron chi connectivity index (χ0n) is 10.4. The van der Waals surface area contributed by atoms with Crippen molar-refractivity contribution in [3.63, 3.8) is 0 Å². The molecule has 96 valence electrons. The molecule has 1 aromatic carbocycles. The molecule has 1 unspecified atom stereocenters. The number of hydrogen-bond donors (Lipinski definition) is 1. The van der Waals surface area contributed by atoms with Crippen LogP contribution in [-0.4, -0.2) is 9.97 Å². The summed E-state index contributed by atoms with van der Waals surface area (Å²) in [4.78, 5) is 8.75. The molecular weight excluding hydrogens is 258 g/mol. The number of pyridine rings is 1. The van der Waals surface area contributed by atoms with Crippen LogP contribution in [0.1, 0.15) is 18.5 Å². The van der Waals surface area contributed by atoms with Gasteiger partial charge in [0.05, 0.1) is 0 Å². The van der Waals surface area contributed by atoms with Crippen molar-refractivity contribution in [1.29, 1.82) is 0 Å². The second kappa shape index (κ2) is 5.03. The Morgan fingerprint density at radius 1 is 1.21 bits per heavy atom. The van der Waals surface area contributed by atoms with E-state index in [4.69, 9.17) is 10.2 Å². The predicted octanol–water partition coefficient (Wildman–Crippen LogP) is 3.39. The molecule has 2 heterocycles. The molecule has 3 aromatic rings. The lowest BCUT2D eigenvalue weighted by Gasteiger charge is -2.04. The maximum Gasteiger partial charge on any atom is 0.263 e. The van der Waals surface area contributed by atoms with Crippen LogP contribution < -0.4 is 5.73 Å². The molecule has 0 saturated heterocycles. The molecule has 0 aliphatic heterocycles. The van der Waals surface area contributed by atoms with E-state index in [9.17, 15) is 0 Å². The molecule has 0 spiro atoms. The van der Waals surface area contributed by atoms with Gasteiger partial charge in [0.1, 0.15) is 10.5 Å². The summed E-state index contributed by atoms with van der Waals surface area (Å²) in [5.41, 5.74) is 8.45. The Kier molecular flexibility index (Phi) is 3.23. The molecular formula is C14H13N3OS. The van der Waals surface area contributed by atoms with Crippen LogP contribution in [0.5, 0.6) is 0 Å². The first-order chi connectivity index (χ1) is 9.22. The van der Waals surface area contributed by atoms with Gasteiger partial charge >= 0.3 is 0 Å². The first-order valence-electron chi connectivity index (χ1n) is 5.97. The van der Waals surface area contributed by atoms with Gasteiger partial charge in [0.2, 0.25) is 0 Å². The highest BCUT2D eigenvalue weighted by Gasteiger charge is 2.08. The van der Waals surface area contributed by atoms with E-state index in [0.717, 1.165) is 21.7 Å². The minimum Gasteiger partial charge on any atom is -0.431 e. The number of nitrogens with zero attached hydrogens (tertiary/aromatic N) is 2. The smallest absolute Gasteiger partial charge is 0.263 e. The molecule has 0 saturated carbocycles. The topological polar surface area (TPSA) is 64.9 Å². The van der Waals surface area contributed by atoms with Crippen molar-refractivity contribution in [3.05, 3.63) is 48.2 Å². The van der Waals surface area contributed by atoms with Crippen LogP contribution in [0.15, 0.2) is 57.3 Å². The van der Waals surface area contributed by atoms with Gasteiger partial charge in [-0.25, -0.2) is 9.97 Å². The average Bonchev–Trinajstić information content (AvgIpc) is 2.81. The van der Waals surface area contributed by atoms with Crippen LogP contribution in [-0.2, 0) is 0 Å². The van der Waals surface area contributed by atoms with Crippen molar-refractivity contribution >= 4 is 22.9 Å². The molecule has 2 aromatic heterocycles. The first-order valence-corrected chi connectivity index (χ1v) is 6.79. The van der Waals surface area contributed by atoms with Crippen LogP contribution in [0.25, 0.3) is 11.1 Å². The monoisotopic (exact) mass is 271 g/mol. The lowest BCUT2D eigenvalue weighted by atomic mass is 10.2. The minimum absolute atomic E-state index is 0.00382. The third kappa shape index (κ3) is 2.62. The maximum atomic E-state index is 5.79. The Morgan fingerprint density at radius 2 is 2.05 bits per heavy atom. The van der Waals surface area contributed by atoms with Crippen molar-refractivity contribution in [2.24, 2.45) is 5.73 Å². The lowest BCUT2D eigenvalue weighted by molar-refractivity contribution is 0.489. The molecule has 0 amide bonds. The van der Waals surface area contributed by atoms with E-state index >= 15 is 0 Å². The molecule has 3 rings (SSSR count). The zero-order chi connectivity index (χ0) is 13.2. The fraction of sp³-hybridized carbons (Fsp3) is 0.143. The average molecular weight is 271 g/mol. The molecule has 0 aliphatic rings. The van der Waals surface area contributed by atoms with Crippen molar-refractivity contribution < 1.29 is 4.42 Å². The Bertz CT molecular complexity index is 658. The van der Waals surface area contributed by atoms with Crippen LogP contribution in [0.4, 0.5) is 0 Å². The third-order valence-electron chi connectivity index (χ3n) is 2.75. The Labute approximate surface area is 115 Å². The number of nitrogens with two attached hydrogens (primary N) is 1. The molecule has 19 heavy (non-hydrogen) atoms. The number of para-hydroxylation sites is 2. The summed E-state index contributed by atoms with van der Waals surface area (Å²) in [6, 6.07) is 11.6. The predicted molar refractivity (Wildman–Crippen MR) is 75.0 cm³/mol. The number of rotatable bonds is 3. The highest BCUT2D eigenvalue weighted by atomic mass is 32.2. The molecule has 0 aliphatic carbocycles. The van der Waals surface area contributed by atoms with Crippen molar-refractivity contribution in [1.82, 2.24) is 9.97 Å². The number of oxazole rings is 1. The van der Waals surface area contributed by atoms with E-state index in [0.29, 0.717) is 5.22 Å². The molecule has 0 bridgehead atoms. The summed E-state index contributed by atoms with van der Waals surface area (Å²) in [5.74, 6) is 0. The number of benzene rings is 1. The van der Waals surface area contributed by atoms with Crippen LogP contribution >= 0.6 is 11.8 Å². The van der Waals surface area contributed by atoms with Gasteiger partial charge < -0.3 is 10.2 Å². The maximum absolute atomic E-state index is 5.79. The van der Waals surface area contributed by atoms with E-state index in [-0.39, 0.29) is 6.04 Å². The molecule has 5 heteroatoms. The minimum atomic E-state index is -0.00382. The first kappa shape index (κ1) is 12.2. The van der Waals surface area contributed by atoms with Gasteiger partial charge in [0, 0.05) is 12.2 Å². The van der Waals surface area contributed by atoms with E-state index in [1.54, 1.807) is 6.20 Å². The van der Waals surface area contributed by atoms with Gasteiger partial charge in [-0.1, -0.05) is 18.2 Å². The largest absolute Gasteiger partial charge is 0.431 e. The molecule has 0 radical (unpaired) electrons. The summed E-state index contributed by atoms with van der Waals surface area (Å²) in [6.07, 6.45) is 1.79. The highest BCUT2D eigenvalue weighted by Crippen LogP contribution is 2.28. The molecule has 2 N–H and O–H groups in total. The summed E-state index contributed by atoms with van der Waals surface area (Å²) in [7, 11) is 0. The van der Waals surface area contributed by atoms with Gasteiger partial charge in [-0.2, -0.15) is 0 Å². The summed E-state index contributed by atoms with van der Waals surface area (Å²) < 4.78 is 5.64. The summed E-state index contributed by atoms with van der Waals surface area (Å²) in [5, 5.41) is 1.44. The second-order valence-electron chi connectivity index (χ2n) is 4.27. The van der Waals surface area contributed by atoms with Crippen molar-refractivity contribution in [2.45, 2.75) is 23.2 Å². The third-order valence-corrected chi connectivity index (χ3v) is 3.55. The number of hydrogen-bond acceptors (Lipinski definition) is 5. The van der Waals surface area contributed by atoms with Crippen molar-refractivity contribution in [2.75, 3.05) is 0 Å². The fourth-order valence-electron chi connectivity index (χ4n) is 1.71. The Hall–Kier alpha value is -1.85. The standard InChI is InChI=1S/C14H13N3OS/c1-9(15)10-6-7-13(16-8-10)19-14-17-11-4-2-3-5-12(11)18-14/h2-9H,15H2,1H3. The Balaban J connectivity index is 1.84. The van der Waals surface area contributed by atoms with Crippen LogP contribution in [0.3, 0.4) is 0 Å². The van der Waals surface area contributed by atoms with Gasteiger partial charge in [0.25, 0.3) is 5.22 Å². The second-order valence-corrected chi connectivity index (χ2v) is 5.24. The van der Waals surface area contributed by atoms with Crippen LogP contribution in [0, 0.1) is 0 Å². The fourth-order valence-corrected chi connectivity index (χ4v) is 2.40. The number of aromatic nitrogens is 2. The van der Waals surface area contributed by atoms with Gasteiger partial charge in [-0.05, 0) is 42.4 Å². The SMILES string of the molecule is CC(N)c1ccc(Sc2nc3ccccc3o2)nc1. The molecule has 0 fully saturated rings. The zero-order valence-corrected chi connectivity index (χ0v) is 11.2. The van der Waals surface area contributed by atoms with Gasteiger partial charge in [0.15, 0.2) is 5.58 Å². The van der Waals surface area contributed by atoms with E-state index in [1.165, 1.54) is 11.8 Å². The normalized spacial score (nSPS) is 12.7. The van der Waals surface area contributed by atoms with E-state index in [2.05, 4.69) is 9.97 Å². The van der Waals surface area contributed by atoms with E-state index in [1.807, 2.05) is 43.3 Å². The summed E-state index contributed by atoms with van der Waals surface area (Å²) in [6.45, 7) is 1.94. The quantitative estimate of drug-likeness (QED) is 0.791. The van der Waals surface area contributed by atoms with Crippen molar-refractivity contribution in [3.8, 4) is 0 Å². The molecule has 1 atom stereocenters. The van der Waals surface area contributed by atoms with E-state index < -0.39 is 0 Å². The van der Waals surface area contributed by atoms with Gasteiger partial charge in [-0.15, -0.1) is 0 Å². The van der Waals surface area contributed by atoms with Crippen LogP contribution in [0.2, 0.25) is 0 Å². The lowest BCUT2D eigenvalue weighted by Crippen LogP contribution is -2.04. The number of fused-ring (bicyclic) bond motifs is 1. The van der Waals surface area contributed by atoms with Gasteiger partial charge in [-0.3, -0.25) is 0 Å².